The molecule has 1 amide bonds. The molecule has 0 aromatic rings. The van der Waals surface area contributed by atoms with E-state index in [0.29, 0.717) is 12.3 Å². The lowest BCUT2D eigenvalue weighted by atomic mass is 10.0. The Hall–Kier alpha value is -1.05. The number of carbonyl (C=O) groups is 1. The predicted octanol–water partition coefficient (Wildman–Crippen LogP) is 3.30. The van der Waals surface area contributed by atoms with Gasteiger partial charge in [0.05, 0.1) is 0 Å². The van der Waals surface area contributed by atoms with Crippen molar-refractivity contribution in [1.82, 2.24) is 4.90 Å². The lowest BCUT2D eigenvalue weighted by molar-refractivity contribution is -0.130. The third-order valence-electron chi connectivity index (χ3n) is 3.85. The second kappa shape index (κ2) is 6.04. The first-order chi connectivity index (χ1) is 8.25. The molecule has 94 valence electrons. The van der Waals surface area contributed by atoms with Gasteiger partial charge in [0.2, 0.25) is 5.91 Å². The van der Waals surface area contributed by atoms with Gasteiger partial charge in [0.25, 0.3) is 0 Å². The van der Waals surface area contributed by atoms with E-state index in [-0.39, 0.29) is 0 Å². The molecule has 0 spiro atoms. The summed E-state index contributed by atoms with van der Waals surface area (Å²) in [6.07, 6.45) is 12.8. The standard InChI is InChI=1S/C15H23NO/c1-13-6-5-10-16(11-9-13)15(17)12-14-7-3-2-4-8-14/h2-3,7,13H,4-6,8-12H2,1H3. The van der Waals surface area contributed by atoms with Crippen LogP contribution in [0.5, 0.6) is 0 Å². The van der Waals surface area contributed by atoms with E-state index in [0.717, 1.165) is 31.8 Å². The summed E-state index contributed by atoms with van der Waals surface area (Å²) >= 11 is 0. The van der Waals surface area contributed by atoms with Crippen LogP contribution in [0.1, 0.15) is 45.4 Å². The lowest BCUT2D eigenvalue weighted by Crippen LogP contribution is -2.32. The van der Waals surface area contributed by atoms with Gasteiger partial charge in [0, 0.05) is 19.5 Å². The summed E-state index contributed by atoms with van der Waals surface area (Å²) in [5.41, 5.74) is 1.30. The summed E-state index contributed by atoms with van der Waals surface area (Å²) in [7, 11) is 0. The molecule has 1 heterocycles. The third kappa shape index (κ3) is 3.72. The Bertz CT molecular complexity index is 330. The number of carbonyl (C=O) groups excluding carboxylic acids is 1. The van der Waals surface area contributed by atoms with Crippen LogP contribution in [0, 0.1) is 5.92 Å². The number of amides is 1. The van der Waals surface area contributed by atoms with Crippen molar-refractivity contribution >= 4 is 5.91 Å². The van der Waals surface area contributed by atoms with Crippen molar-refractivity contribution in [3.05, 3.63) is 23.8 Å². The van der Waals surface area contributed by atoms with Gasteiger partial charge in [-0.05, 0) is 38.0 Å². The zero-order valence-corrected chi connectivity index (χ0v) is 10.8. The second-order valence-electron chi connectivity index (χ2n) is 5.39. The highest BCUT2D eigenvalue weighted by molar-refractivity contribution is 5.78. The van der Waals surface area contributed by atoms with Gasteiger partial charge in [0.1, 0.15) is 0 Å². The molecule has 2 nitrogen and oxygen atoms in total. The first-order valence-electron chi connectivity index (χ1n) is 6.88. The van der Waals surface area contributed by atoms with Crippen molar-refractivity contribution in [3.8, 4) is 0 Å². The molecule has 0 aromatic heterocycles. The van der Waals surface area contributed by atoms with Gasteiger partial charge in [-0.15, -0.1) is 0 Å². The van der Waals surface area contributed by atoms with Crippen molar-refractivity contribution in [3.63, 3.8) is 0 Å². The van der Waals surface area contributed by atoms with Crippen LogP contribution in [0.4, 0.5) is 0 Å². The molecule has 1 aliphatic carbocycles. The van der Waals surface area contributed by atoms with Gasteiger partial charge in [-0.3, -0.25) is 4.79 Å². The Balaban J connectivity index is 1.86. The molecule has 0 aromatic carbocycles. The molecule has 1 aliphatic heterocycles. The summed E-state index contributed by atoms with van der Waals surface area (Å²) in [6, 6.07) is 0. The van der Waals surface area contributed by atoms with Crippen molar-refractivity contribution in [2.75, 3.05) is 13.1 Å². The summed E-state index contributed by atoms with van der Waals surface area (Å²) in [5.74, 6) is 1.12. The minimum atomic E-state index is 0.334. The molecular weight excluding hydrogens is 210 g/mol. The van der Waals surface area contributed by atoms with Crippen molar-refractivity contribution in [2.45, 2.75) is 45.4 Å². The Kier molecular flexibility index (Phi) is 4.41. The van der Waals surface area contributed by atoms with Crippen LogP contribution in [0.15, 0.2) is 23.8 Å². The molecule has 0 radical (unpaired) electrons. The van der Waals surface area contributed by atoms with Crippen LogP contribution in [-0.2, 0) is 4.79 Å². The topological polar surface area (TPSA) is 20.3 Å². The van der Waals surface area contributed by atoms with Crippen LogP contribution < -0.4 is 0 Å². The molecule has 2 heteroatoms. The quantitative estimate of drug-likeness (QED) is 0.716. The van der Waals surface area contributed by atoms with Gasteiger partial charge < -0.3 is 4.90 Å². The minimum absolute atomic E-state index is 0.334. The maximum Gasteiger partial charge on any atom is 0.226 e. The molecule has 0 N–H and O–H groups in total. The van der Waals surface area contributed by atoms with Crippen LogP contribution >= 0.6 is 0 Å². The number of hydrogen-bond acceptors (Lipinski definition) is 1. The van der Waals surface area contributed by atoms with E-state index in [1.165, 1.54) is 24.8 Å². The largest absolute Gasteiger partial charge is 0.342 e. The second-order valence-corrected chi connectivity index (χ2v) is 5.39. The van der Waals surface area contributed by atoms with Gasteiger partial charge in [-0.1, -0.05) is 30.7 Å². The average molecular weight is 233 g/mol. The summed E-state index contributed by atoms with van der Waals surface area (Å²) in [4.78, 5) is 14.3. The van der Waals surface area contributed by atoms with E-state index in [9.17, 15) is 4.79 Å². The van der Waals surface area contributed by atoms with E-state index < -0.39 is 0 Å². The maximum atomic E-state index is 12.2. The molecule has 0 saturated carbocycles. The highest BCUT2D eigenvalue weighted by atomic mass is 16.2. The van der Waals surface area contributed by atoms with Crippen molar-refractivity contribution < 1.29 is 4.79 Å². The lowest BCUT2D eigenvalue weighted by Gasteiger charge is -2.21. The third-order valence-corrected chi connectivity index (χ3v) is 3.85. The zero-order chi connectivity index (χ0) is 12.1. The fourth-order valence-electron chi connectivity index (χ4n) is 2.62. The van der Waals surface area contributed by atoms with Gasteiger partial charge >= 0.3 is 0 Å². The minimum Gasteiger partial charge on any atom is -0.342 e. The van der Waals surface area contributed by atoms with E-state index >= 15 is 0 Å². The Morgan fingerprint density at radius 1 is 1.41 bits per heavy atom. The molecule has 1 atom stereocenters. The van der Waals surface area contributed by atoms with E-state index in [1.807, 2.05) is 0 Å². The van der Waals surface area contributed by atoms with Gasteiger partial charge in [0.15, 0.2) is 0 Å². The fourth-order valence-corrected chi connectivity index (χ4v) is 2.62. The van der Waals surface area contributed by atoms with Crippen LogP contribution in [0.3, 0.4) is 0 Å². The highest BCUT2D eigenvalue weighted by Gasteiger charge is 2.19. The van der Waals surface area contributed by atoms with Crippen LogP contribution in [-0.4, -0.2) is 23.9 Å². The SMILES string of the molecule is CC1CCCN(C(=O)CC2=CC=CCC2)CC1. The molecule has 2 rings (SSSR count). The number of rotatable bonds is 2. The summed E-state index contributed by atoms with van der Waals surface area (Å²) in [5, 5.41) is 0. The predicted molar refractivity (Wildman–Crippen MR) is 70.7 cm³/mol. The van der Waals surface area contributed by atoms with Crippen LogP contribution in [0.2, 0.25) is 0 Å². The number of nitrogens with zero attached hydrogens (tertiary/aromatic N) is 1. The van der Waals surface area contributed by atoms with Crippen molar-refractivity contribution in [2.24, 2.45) is 5.92 Å². The Labute approximate surface area is 104 Å². The molecule has 1 fully saturated rings. The van der Waals surface area contributed by atoms with Crippen LogP contribution in [0.25, 0.3) is 0 Å². The zero-order valence-electron chi connectivity index (χ0n) is 10.8. The summed E-state index contributed by atoms with van der Waals surface area (Å²) in [6.45, 7) is 4.22. The number of hydrogen-bond donors (Lipinski definition) is 0. The molecule has 2 aliphatic rings. The van der Waals surface area contributed by atoms with Gasteiger partial charge in [-0.25, -0.2) is 0 Å². The monoisotopic (exact) mass is 233 g/mol. The maximum absolute atomic E-state index is 12.2. The normalized spacial score (nSPS) is 25.4. The number of likely N-dealkylation sites (tertiary alicyclic amines) is 1. The first kappa shape index (κ1) is 12.4. The average Bonchev–Trinajstić information content (AvgIpc) is 2.55. The number of allylic oxidation sites excluding steroid dienone is 3. The molecular formula is C15H23NO. The molecule has 17 heavy (non-hydrogen) atoms. The summed E-state index contributed by atoms with van der Waals surface area (Å²) < 4.78 is 0. The molecule has 1 unspecified atom stereocenters. The smallest absolute Gasteiger partial charge is 0.226 e. The van der Waals surface area contributed by atoms with E-state index in [4.69, 9.17) is 0 Å². The van der Waals surface area contributed by atoms with Crippen molar-refractivity contribution in [1.29, 1.82) is 0 Å². The highest BCUT2D eigenvalue weighted by Crippen LogP contribution is 2.20. The van der Waals surface area contributed by atoms with Gasteiger partial charge in [-0.2, -0.15) is 0 Å². The first-order valence-corrected chi connectivity index (χ1v) is 6.88. The Morgan fingerprint density at radius 2 is 2.29 bits per heavy atom. The Morgan fingerprint density at radius 3 is 3.06 bits per heavy atom. The van der Waals surface area contributed by atoms with E-state index in [2.05, 4.69) is 30.1 Å². The fraction of sp³-hybridized carbons (Fsp3) is 0.667. The van der Waals surface area contributed by atoms with E-state index in [1.54, 1.807) is 0 Å². The molecule has 1 saturated heterocycles. The molecule has 0 bridgehead atoms.